The molecule has 0 spiro atoms. The molecule has 4 aliphatic rings. The molecule has 5 atom stereocenters. The molecule has 3 aliphatic carbocycles. The van der Waals surface area contributed by atoms with Gasteiger partial charge in [-0.15, -0.1) is 0 Å². The molecular weight excluding hydrogens is 544 g/mol. The van der Waals surface area contributed by atoms with Crippen LogP contribution < -0.4 is 16.0 Å². The van der Waals surface area contributed by atoms with Crippen LogP contribution in [0.1, 0.15) is 120 Å². The molecule has 4 rings (SSSR count). The number of piperidine rings is 1. The number of nitrogens with one attached hydrogen (secondary N) is 3. The van der Waals surface area contributed by atoms with E-state index in [2.05, 4.69) is 50.6 Å². The number of carbonyl (C=O) groups is 5. The third-order valence-corrected chi connectivity index (χ3v) is 10.6. The molecule has 0 aromatic heterocycles. The van der Waals surface area contributed by atoms with E-state index in [1.54, 1.807) is 4.90 Å². The minimum absolute atomic E-state index is 0.00275. The van der Waals surface area contributed by atoms with Crippen LogP contribution in [0.3, 0.4) is 0 Å². The second-order valence-electron chi connectivity index (χ2n) is 16.5. The maximum Gasteiger partial charge on any atom is 0.315 e. The van der Waals surface area contributed by atoms with Crippen molar-refractivity contribution in [3.8, 4) is 0 Å². The van der Waals surface area contributed by atoms with E-state index in [0.717, 1.165) is 57.8 Å². The Labute approximate surface area is 258 Å². The van der Waals surface area contributed by atoms with Gasteiger partial charge in [-0.2, -0.15) is 0 Å². The molecule has 1 aliphatic heterocycles. The van der Waals surface area contributed by atoms with Crippen LogP contribution in [0.5, 0.6) is 0 Å². The average molecular weight is 601 g/mol. The first kappa shape index (κ1) is 33.4. The Balaban J connectivity index is 1.54. The van der Waals surface area contributed by atoms with E-state index >= 15 is 0 Å². The van der Waals surface area contributed by atoms with Gasteiger partial charge in [-0.05, 0) is 74.0 Å². The molecule has 4 amide bonds. The first-order valence-electron chi connectivity index (χ1n) is 16.7. The Morgan fingerprint density at radius 3 is 2.05 bits per heavy atom. The summed E-state index contributed by atoms with van der Waals surface area (Å²) in [6.45, 7) is 16.3. The molecule has 9 nitrogen and oxygen atoms in total. The van der Waals surface area contributed by atoms with Gasteiger partial charge in [-0.25, -0.2) is 4.79 Å². The van der Waals surface area contributed by atoms with Crippen molar-refractivity contribution in [2.24, 2.45) is 34.5 Å². The molecule has 4 fully saturated rings. The van der Waals surface area contributed by atoms with Gasteiger partial charge in [0.25, 0.3) is 0 Å². The monoisotopic (exact) mass is 600 g/mol. The quantitative estimate of drug-likeness (QED) is 0.295. The van der Waals surface area contributed by atoms with Gasteiger partial charge in [-0.1, -0.05) is 73.1 Å². The van der Waals surface area contributed by atoms with Crippen molar-refractivity contribution in [1.82, 2.24) is 20.9 Å². The maximum absolute atomic E-state index is 14.4. The Bertz CT molecular complexity index is 1100. The van der Waals surface area contributed by atoms with Crippen LogP contribution in [0.2, 0.25) is 0 Å². The Kier molecular flexibility index (Phi) is 9.73. The summed E-state index contributed by atoms with van der Waals surface area (Å²) < 4.78 is 0. The van der Waals surface area contributed by atoms with Gasteiger partial charge in [0.2, 0.25) is 17.6 Å². The molecule has 3 unspecified atom stereocenters. The van der Waals surface area contributed by atoms with E-state index in [9.17, 15) is 24.0 Å². The number of carbonyl (C=O) groups excluding carboxylic acids is 5. The van der Waals surface area contributed by atoms with Crippen LogP contribution in [0.4, 0.5) is 4.79 Å². The Hall–Kier alpha value is -2.45. The minimum Gasteiger partial charge on any atom is -0.344 e. The summed E-state index contributed by atoms with van der Waals surface area (Å²) >= 11 is 0. The Morgan fingerprint density at radius 1 is 0.884 bits per heavy atom. The van der Waals surface area contributed by atoms with Crippen molar-refractivity contribution < 1.29 is 24.0 Å². The molecule has 1 heterocycles. The largest absolute Gasteiger partial charge is 0.344 e. The van der Waals surface area contributed by atoms with E-state index in [1.165, 1.54) is 6.92 Å². The zero-order valence-corrected chi connectivity index (χ0v) is 27.8. The molecule has 242 valence electrons. The van der Waals surface area contributed by atoms with E-state index in [0.29, 0.717) is 18.9 Å². The van der Waals surface area contributed by atoms with Crippen LogP contribution in [0.25, 0.3) is 0 Å². The smallest absolute Gasteiger partial charge is 0.315 e. The lowest BCUT2D eigenvalue weighted by Gasteiger charge is -2.38. The number of nitrogens with zero attached hydrogens (tertiary/aromatic N) is 1. The van der Waals surface area contributed by atoms with Gasteiger partial charge < -0.3 is 20.9 Å². The molecule has 3 N–H and O–H groups in total. The van der Waals surface area contributed by atoms with Gasteiger partial charge >= 0.3 is 6.03 Å². The molecule has 0 aromatic carbocycles. The maximum atomic E-state index is 14.4. The number of Topliss-reactive ketones (excluding diaryl/α,β-unsaturated/α-hetero) is 2. The summed E-state index contributed by atoms with van der Waals surface area (Å²) in [6.07, 6.45) is 9.13. The summed E-state index contributed by atoms with van der Waals surface area (Å²) in [5.74, 6) is -1.24. The molecule has 3 saturated carbocycles. The predicted molar refractivity (Wildman–Crippen MR) is 166 cm³/mol. The van der Waals surface area contributed by atoms with Crippen LogP contribution in [0, 0.1) is 34.5 Å². The zero-order chi connectivity index (χ0) is 31.9. The van der Waals surface area contributed by atoms with E-state index in [4.69, 9.17) is 0 Å². The third kappa shape index (κ3) is 7.80. The third-order valence-electron chi connectivity index (χ3n) is 10.6. The number of hydrogen-bond acceptors (Lipinski definition) is 5. The molecule has 9 heteroatoms. The van der Waals surface area contributed by atoms with Crippen molar-refractivity contribution in [1.29, 1.82) is 0 Å². The first-order valence-corrected chi connectivity index (χ1v) is 16.7. The number of rotatable bonds is 11. The van der Waals surface area contributed by atoms with Crippen LogP contribution >= 0.6 is 0 Å². The van der Waals surface area contributed by atoms with Crippen LogP contribution in [0.15, 0.2) is 0 Å². The number of amides is 4. The van der Waals surface area contributed by atoms with Gasteiger partial charge in [-0.3, -0.25) is 19.2 Å². The lowest BCUT2D eigenvalue weighted by Crippen LogP contribution is -2.61. The lowest BCUT2D eigenvalue weighted by atomic mass is 9.79. The molecule has 0 radical (unpaired) electrons. The summed E-state index contributed by atoms with van der Waals surface area (Å²) in [6, 6.07) is -2.69. The fourth-order valence-electron chi connectivity index (χ4n) is 8.49. The molecule has 0 aromatic rings. The summed E-state index contributed by atoms with van der Waals surface area (Å²) in [7, 11) is 0. The Morgan fingerprint density at radius 2 is 1.51 bits per heavy atom. The standard InChI is InChI=1S/C34H56N4O5/c1-20(39)28(40)24(17-21-13-12-14-21)35-29(41)27-25-23(34(25,7)8)18-38(27)30(42)26(22-15-10-9-11-16-22)36-31(43)37-33(5,6)19-32(2,3)4/h21-27H,9-19H2,1-8H3,(H,35,41)(H2,36,37,43)/t23?,24?,25?,26-,27-/m0/s1. The van der Waals surface area contributed by atoms with Crippen molar-refractivity contribution in [2.75, 3.05) is 6.54 Å². The van der Waals surface area contributed by atoms with Crippen molar-refractivity contribution in [2.45, 2.75) is 143 Å². The molecule has 0 bridgehead atoms. The number of ketones is 2. The number of urea groups is 1. The summed E-state index contributed by atoms with van der Waals surface area (Å²) in [5, 5.41) is 9.09. The highest BCUT2D eigenvalue weighted by Gasteiger charge is 2.69. The first-order chi connectivity index (χ1) is 19.9. The highest BCUT2D eigenvalue weighted by Crippen LogP contribution is 2.65. The predicted octanol–water partition coefficient (Wildman–Crippen LogP) is 4.77. The lowest BCUT2D eigenvalue weighted by molar-refractivity contribution is -0.144. The van der Waals surface area contributed by atoms with Crippen LogP contribution in [-0.4, -0.2) is 64.5 Å². The fraction of sp³-hybridized carbons (Fsp3) is 0.853. The molecular formula is C34H56N4O5. The fourth-order valence-corrected chi connectivity index (χ4v) is 8.49. The highest BCUT2D eigenvalue weighted by atomic mass is 16.2. The topological polar surface area (TPSA) is 125 Å². The SMILES string of the molecule is CC(=O)C(=O)C(CC1CCC1)NC(=O)[C@@H]1C2C(CN1C(=O)[C@@H](NC(=O)NC(C)(C)CC(C)(C)C)C1CCCCC1)C2(C)C. The normalized spacial score (nSPS) is 26.9. The number of likely N-dealkylation sites (tertiary alicyclic amines) is 1. The second-order valence-corrected chi connectivity index (χ2v) is 16.5. The number of hydrogen-bond donors (Lipinski definition) is 3. The molecule has 1 saturated heterocycles. The molecule has 43 heavy (non-hydrogen) atoms. The van der Waals surface area contributed by atoms with Crippen molar-refractivity contribution in [3.63, 3.8) is 0 Å². The summed E-state index contributed by atoms with van der Waals surface area (Å²) in [5.41, 5.74) is -0.558. The van der Waals surface area contributed by atoms with Gasteiger partial charge in [0.05, 0.1) is 6.04 Å². The minimum atomic E-state index is -0.865. The highest BCUT2D eigenvalue weighted by molar-refractivity contribution is 6.38. The van der Waals surface area contributed by atoms with E-state index in [-0.39, 0.29) is 46.4 Å². The number of fused-ring (bicyclic) bond motifs is 1. The zero-order valence-electron chi connectivity index (χ0n) is 27.8. The van der Waals surface area contributed by atoms with Gasteiger partial charge in [0.15, 0.2) is 5.78 Å². The summed E-state index contributed by atoms with van der Waals surface area (Å²) in [4.78, 5) is 68.4. The second kappa shape index (κ2) is 12.5. The van der Waals surface area contributed by atoms with Gasteiger partial charge in [0.1, 0.15) is 12.1 Å². The van der Waals surface area contributed by atoms with Crippen LogP contribution in [-0.2, 0) is 19.2 Å². The van der Waals surface area contributed by atoms with Crippen molar-refractivity contribution in [3.05, 3.63) is 0 Å². The van der Waals surface area contributed by atoms with Gasteiger partial charge in [0, 0.05) is 19.0 Å². The van der Waals surface area contributed by atoms with E-state index < -0.39 is 35.2 Å². The average Bonchev–Trinajstić information content (AvgIpc) is 3.19. The van der Waals surface area contributed by atoms with E-state index in [1.807, 2.05) is 13.8 Å². The van der Waals surface area contributed by atoms with Crippen molar-refractivity contribution >= 4 is 29.4 Å².